The van der Waals surface area contributed by atoms with Gasteiger partial charge in [-0.05, 0) is 72.8 Å². The standard InChI is InChI=1S/C20H14N4.8C6H5.Pd/c1-2-14-10-16-5-6-18(23-16)12-20-8-7-19(24-20)11-17-4-3-15(22-17)9-13(1)21-14;8*1-2-4-6-5-3-1;/h1-12,21,24H;8*1-5H;. The fourth-order valence-electron chi connectivity index (χ4n) is 12.1. The molecule has 0 unspecified atom stereocenters. The number of hydrogen-bond acceptors (Lipinski definition) is 2. The van der Waals surface area contributed by atoms with Crippen LogP contribution in [0.3, 0.4) is 0 Å². The molecule has 0 radical (unpaired) electrons. The second-order valence-electron chi connectivity index (χ2n) is 18.2. The van der Waals surface area contributed by atoms with Gasteiger partial charge in [-0.1, -0.05) is 0 Å². The first-order valence-electron chi connectivity index (χ1n) is 24.4. The predicted octanol–water partition coefficient (Wildman–Crippen LogP) is 11.5. The summed E-state index contributed by atoms with van der Waals surface area (Å²) in [6.45, 7) is 0. The summed E-state index contributed by atoms with van der Waals surface area (Å²) in [5.41, 5.74) is 7.86. The van der Waals surface area contributed by atoms with Gasteiger partial charge in [0.25, 0.3) is 0 Å². The Labute approximate surface area is 420 Å². The third-order valence-corrected chi connectivity index (χ3v) is 44.1. The van der Waals surface area contributed by atoms with E-state index in [1.165, 1.54) is 32.3 Å². The van der Waals surface area contributed by atoms with Crippen molar-refractivity contribution in [1.29, 1.82) is 0 Å². The number of nitrogens with zero attached hydrogens (tertiary/aromatic N) is 2. The first-order chi connectivity index (χ1) is 36.0. The van der Waals surface area contributed by atoms with Gasteiger partial charge in [-0.25, -0.2) is 9.97 Å². The average molecular weight is 1030 g/mol. The van der Waals surface area contributed by atoms with Gasteiger partial charge in [-0.3, -0.25) is 0 Å². The summed E-state index contributed by atoms with van der Waals surface area (Å²) in [5, 5.41) is 0. The quantitative estimate of drug-likeness (QED) is 0.149. The molecule has 0 fully saturated rings. The Balaban J connectivity index is 0.000000188. The summed E-state index contributed by atoms with van der Waals surface area (Å²) >= 11 is 0. The molecule has 5 heterocycles. The van der Waals surface area contributed by atoms with E-state index in [9.17, 15) is 0 Å². The van der Waals surface area contributed by atoms with Crippen molar-refractivity contribution in [2.45, 2.75) is 0 Å². The minimum atomic E-state index is -7.55. The van der Waals surface area contributed by atoms with Crippen molar-refractivity contribution in [3.63, 3.8) is 0 Å². The zero-order chi connectivity index (χ0) is 49.2. The summed E-state index contributed by atoms with van der Waals surface area (Å²) in [4.78, 5) is 16.0. The van der Waals surface area contributed by atoms with Gasteiger partial charge in [0, 0.05) is 22.1 Å². The molecule has 5 heteroatoms. The number of H-pyrrole nitrogens is 2. The Hall–Kier alpha value is -8.98. The van der Waals surface area contributed by atoms with Crippen molar-refractivity contribution in [2.24, 2.45) is 0 Å². The summed E-state index contributed by atoms with van der Waals surface area (Å²) in [5.74, 6) is 0. The Kier molecular flexibility index (Phi) is 9.91. The van der Waals surface area contributed by atoms with Gasteiger partial charge in [0.1, 0.15) is 0 Å². The normalized spacial score (nSPS) is 14.0. The molecule has 2 N–H and O–H groups in total. The number of aromatic amines is 2. The van der Waals surface area contributed by atoms with E-state index >= 15 is 0 Å². The first-order valence-corrected chi connectivity index (χ1v) is 30.6. The van der Waals surface area contributed by atoms with Gasteiger partial charge < -0.3 is 9.97 Å². The van der Waals surface area contributed by atoms with Crippen LogP contribution in [0.4, 0.5) is 0 Å². The SMILES string of the molecule is C1=Cc2cc3ccc(cc4nc(cc5ccc(cc1n2)[nH]5)C=C4)[nH]3.c1cc[c]([Pd]([c]2ccccc2)([c]2ccccc2)([c]2ccccc2)([c]2ccccc2)([c]2ccccc2)([c]2ccccc2)[c]2ccccc2)cc1. The molecule has 3 aromatic heterocycles. The molecule has 0 amide bonds. The van der Waals surface area contributed by atoms with Crippen LogP contribution < -0.4 is 32.3 Å². The van der Waals surface area contributed by atoms with E-state index in [0.29, 0.717) is 0 Å². The van der Waals surface area contributed by atoms with E-state index in [0.717, 1.165) is 44.8 Å². The van der Waals surface area contributed by atoms with Crippen LogP contribution in [-0.4, -0.2) is 19.9 Å². The molecule has 73 heavy (non-hydrogen) atoms. The number of rotatable bonds is 8. The summed E-state index contributed by atoms with van der Waals surface area (Å²) in [6, 6.07) is 108. The fraction of sp³-hybridized carbons (Fsp3) is 0. The number of benzene rings is 8. The van der Waals surface area contributed by atoms with Crippen LogP contribution in [0, 0.1) is 0 Å². The van der Waals surface area contributed by atoms with Crippen molar-refractivity contribution >= 4 is 78.7 Å². The third-order valence-electron chi connectivity index (χ3n) is 14.9. The molecule has 0 spiro atoms. The Bertz CT molecular complexity index is 3350. The van der Waals surface area contributed by atoms with Crippen LogP contribution in [0.5, 0.6) is 0 Å². The molecule has 0 saturated carbocycles. The number of aromatic nitrogens is 4. The Morgan fingerprint density at radius 3 is 0.534 bits per heavy atom. The first kappa shape index (κ1) is 45.2. The van der Waals surface area contributed by atoms with Crippen LogP contribution in [-0.2, 0) is 10.7 Å². The van der Waals surface area contributed by atoms with Gasteiger partial charge in [0.05, 0.1) is 22.8 Å². The molecule has 0 aliphatic carbocycles. The number of hydrogen-bond donors (Lipinski definition) is 2. The predicted molar refractivity (Wildman–Crippen MR) is 307 cm³/mol. The summed E-state index contributed by atoms with van der Waals surface area (Å²) < 4.78 is 9.58. The molecule has 0 atom stereocenters. The number of fused-ring (bicyclic) bond motifs is 8. The van der Waals surface area contributed by atoms with Crippen molar-refractivity contribution in [1.82, 2.24) is 19.9 Å². The van der Waals surface area contributed by atoms with Crippen molar-refractivity contribution in [3.05, 3.63) is 314 Å². The molecule has 13 rings (SSSR count). The van der Waals surface area contributed by atoms with E-state index in [2.05, 4.69) is 287 Å². The van der Waals surface area contributed by atoms with Crippen LogP contribution in [0.15, 0.2) is 291 Å². The van der Waals surface area contributed by atoms with Gasteiger partial charge in [0.2, 0.25) is 0 Å². The number of nitrogens with one attached hydrogen (secondary N) is 2. The van der Waals surface area contributed by atoms with Crippen molar-refractivity contribution < 1.29 is 10.7 Å². The molecule has 11 aromatic rings. The molecule has 2 aliphatic heterocycles. The molecule has 8 aromatic carbocycles. The summed E-state index contributed by atoms with van der Waals surface area (Å²) in [6.07, 6.45) is 8.09. The molecule has 0 saturated heterocycles. The second kappa shape index (κ2) is 16.0. The zero-order valence-electron chi connectivity index (χ0n) is 40.2. The maximum atomic E-state index is 4.63. The molecule has 2 aliphatic rings. The van der Waals surface area contributed by atoms with Crippen LogP contribution >= 0.6 is 0 Å². The fourth-order valence-corrected chi connectivity index (χ4v) is 43.5. The molecule has 356 valence electrons. The maximum absolute atomic E-state index is 7.55. The minimum absolute atomic E-state index is 0.939. The van der Waals surface area contributed by atoms with Crippen LogP contribution in [0.2, 0.25) is 0 Å². The van der Waals surface area contributed by atoms with Crippen LogP contribution in [0.1, 0.15) is 22.8 Å². The topological polar surface area (TPSA) is 57.4 Å². The van der Waals surface area contributed by atoms with E-state index < -0.39 is 10.7 Å². The molecule has 4 nitrogen and oxygen atoms in total. The van der Waals surface area contributed by atoms with Crippen molar-refractivity contribution in [2.75, 3.05) is 0 Å². The van der Waals surface area contributed by atoms with Gasteiger partial charge in [-0.15, -0.1) is 0 Å². The third kappa shape index (κ3) is 4.89. The Morgan fingerprint density at radius 2 is 0.370 bits per heavy atom. The zero-order valence-corrected chi connectivity index (χ0v) is 41.8. The van der Waals surface area contributed by atoms with Gasteiger partial charge in [-0.2, -0.15) is 0 Å². The second-order valence-corrected chi connectivity index (χ2v) is 36.3. The Morgan fingerprint density at radius 1 is 0.205 bits per heavy atom. The van der Waals surface area contributed by atoms with E-state index in [4.69, 9.17) is 0 Å². The van der Waals surface area contributed by atoms with E-state index in [1.54, 1.807) is 0 Å². The summed E-state index contributed by atoms with van der Waals surface area (Å²) in [7, 11) is -7.55. The monoisotopic (exact) mass is 1030 g/mol. The van der Waals surface area contributed by atoms with Gasteiger partial charge in [0.15, 0.2) is 0 Å². The van der Waals surface area contributed by atoms with E-state index in [1.807, 2.05) is 48.6 Å². The molecule has 8 bridgehead atoms. The molecular weight excluding hydrogens is 979 g/mol. The van der Waals surface area contributed by atoms with E-state index in [-0.39, 0.29) is 0 Å². The van der Waals surface area contributed by atoms with Crippen molar-refractivity contribution in [3.8, 4) is 0 Å². The van der Waals surface area contributed by atoms with Gasteiger partial charge >= 0.3 is 286 Å². The van der Waals surface area contributed by atoms with Crippen LogP contribution in [0.25, 0.3) is 46.4 Å². The average Bonchev–Trinajstić information content (AvgIpc) is 4.35. The molecular formula is C68H54N4Pd.